The summed E-state index contributed by atoms with van der Waals surface area (Å²) in [6, 6.07) is 6.01. The Kier molecular flexibility index (Phi) is 8.68. The Morgan fingerprint density at radius 2 is 2.00 bits per heavy atom. The van der Waals surface area contributed by atoms with Gasteiger partial charge in [-0.25, -0.2) is 4.79 Å². The van der Waals surface area contributed by atoms with Gasteiger partial charge in [-0.1, -0.05) is 6.08 Å². The van der Waals surface area contributed by atoms with E-state index in [2.05, 4.69) is 32.6 Å². The van der Waals surface area contributed by atoms with Gasteiger partial charge in [-0.05, 0) is 24.3 Å². The van der Waals surface area contributed by atoms with E-state index in [4.69, 9.17) is 0 Å². The molecule has 10 heteroatoms. The van der Waals surface area contributed by atoms with Gasteiger partial charge in [0.2, 0.25) is 17.7 Å². The highest BCUT2D eigenvalue weighted by Gasteiger charge is 2.27. The van der Waals surface area contributed by atoms with Gasteiger partial charge in [-0.2, -0.15) is 0 Å². The Bertz CT molecular complexity index is 768. The molecule has 2 rings (SSSR count). The van der Waals surface area contributed by atoms with E-state index in [0.29, 0.717) is 17.8 Å². The zero-order valence-corrected chi connectivity index (χ0v) is 16.8. The Labute approximate surface area is 173 Å². The number of rotatable bonds is 9. The van der Waals surface area contributed by atoms with E-state index in [9.17, 15) is 19.2 Å². The van der Waals surface area contributed by atoms with Crippen LogP contribution in [0.3, 0.4) is 0 Å². The maximum atomic E-state index is 12.2. The summed E-state index contributed by atoms with van der Waals surface area (Å²) in [5.74, 6) is -0.977. The van der Waals surface area contributed by atoms with Gasteiger partial charge in [0.25, 0.3) is 0 Å². The van der Waals surface area contributed by atoms with Gasteiger partial charge in [0.1, 0.15) is 5.50 Å². The number of anilines is 1. The summed E-state index contributed by atoms with van der Waals surface area (Å²) < 4.78 is 4.62. The van der Waals surface area contributed by atoms with Crippen LogP contribution in [0.2, 0.25) is 0 Å². The predicted octanol–water partition coefficient (Wildman–Crippen LogP) is 0.599. The predicted molar refractivity (Wildman–Crippen MR) is 110 cm³/mol. The zero-order valence-electron chi connectivity index (χ0n) is 16.0. The van der Waals surface area contributed by atoms with Gasteiger partial charge in [0.05, 0.1) is 18.4 Å². The maximum absolute atomic E-state index is 12.2. The van der Waals surface area contributed by atoms with Crippen molar-refractivity contribution in [2.24, 2.45) is 0 Å². The molecule has 1 aromatic carbocycles. The second kappa shape index (κ2) is 11.2. The van der Waals surface area contributed by atoms with Crippen molar-refractivity contribution in [1.82, 2.24) is 16.0 Å². The summed E-state index contributed by atoms with van der Waals surface area (Å²) in [5, 5.41) is 11.3. The molecule has 1 fully saturated rings. The van der Waals surface area contributed by atoms with Crippen LogP contribution in [0.15, 0.2) is 36.9 Å². The lowest BCUT2D eigenvalue weighted by atomic mass is 10.1. The fourth-order valence-electron chi connectivity index (χ4n) is 2.61. The fourth-order valence-corrected chi connectivity index (χ4v) is 3.50. The Morgan fingerprint density at radius 1 is 1.28 bits per heavy atom. The number of carbonyl (C=O) groups is 4. The Hall–Kier alpha value is -2.85. The minimum absolute atomic E-state index is 0.0894. The molecule has 1 saturated heterocycles. The summed E-state index contributed by atoms with van der Waals surface area (Å²) >= 11 is 1.21. The topological polar surface area (TPSA) is 126 Å². The molecule has 0 aliphatic carbocycles. The minimum Gasteiger partial charge on any atom is -0.465 e. The zero-order chi connectivity index (χ0) is 21.2. The first-order valence-corrected chi connectivity index (χ1v) is 9.99. The van der Waals surface area contributed by atoms with Gasteiger partial charge < -0.3 is 20.7 Å². The lowest BCUT2D eigenvalue weighted by molar-refractivity contribution is -0.125. The van der Waals surface area contributed by atoms with Crippen LogP contribution in [0.1, 0.15) is 23.2 Å². The smallest absolute Gasteiger partial charge is 0.337 e. The van der Waals surface area contributed by atoms with Crippen LogP contribution in [0, 0.1) is 0 Å². The van der Waals surface area contributed by atoms with E-state index in [-0.39, 0.29) is 42.4 Å². The number of benzene rings is 1. The number of nitrogens with one attached hydrogen (secondary N) is 4. The van der Waals surface area contributed by atoms with Crippen LogP contribution in [0.25, 0.3) is 0 Å². The second-order valence-electron chi connectivity index (χ2n) is 6.24. The van der Waals surface area contributed by atoms with E-state index in [1.807, 2.05) is 0 Å². The molecular formula is C19H24N4O5S. The summed E-state index contributed by atoms with van der Waals surface area (Å²) in [5.41, 5.74) is 0.457. The highest BCUT2D eigenvalue weighted by molar-refractivity contribution is 8.00. The summed E-state index contributed by atoms with van der Waals surface area (Å²) in [6.45, 7) is 3.91. The van der Waals surface area contributed by atoms with E-state index < -0.39 is 11.5 Å². The van der Waals surface area contributed by atoms with Crippen LogP contribution >= 0.6 is 11.8 Å². The molecule has 0 saturated carbocycles. The molecule has 2 unspecified atom stereocenters. The number of esters is 1. The number of hydrogen-bond donors (Lipinski definition) is 4. The van der Waals surface area contributed by atoms with E-state index in [0.717, 1.165) is 0 Å². The molecule has 9 nitrogen and oxygen atoms in total. The lowest BCUT2D eigenvalue weighted by Crippen LogP contribution is -2.56. The highest BCUT2D eigenvalue weighted by Crippen LogP contribution is 2.15. The van der Waals surface area contributed by atoms with Crippen LogP contribution in [0.4, 0.5) is 5.69 Å². The monoisotopic (exact) mass is 420 g/mol. The van der Waals surface area contributed by atoms with Crippen molar-refractivity contribution in [2.45, 2.75) is 24.4 Å². The SMILES string of the molecule is C=CCNC(=O)CC1CC(=O)NC(SCC(=O)Nc2ccc(C(=O)OC)cc2)N1. The molecule has 1 aliphatic rings. The van der Waals surface area contributed by atoms with Gasteiger partial charge in [0.15, 0.2) is 0 Å². The molecule has 1 aliphatic heterocycles. The third-order valence-corrected chi connectivity index (χ3v) is 4.97. The van der Waals surface area contributed by atoms with Crippen LogP contribution < -0.4 is 21.3 Å². The number of methoxy groups -OCH3 is 1. The molecule has 29 heavy (non-hydrogen) atoms. The molecule has 156 valence electrons. The fraction of sp³-hybridized carbons (Fsp3) is 0.368. The van der Waals surface area contributed by atoms with E-state index >= 15 is 0 Å². The first-order chi connectivity index (χ1) is 13.9. The molecule has 0 spiro atoms. The third kappa shape index (κ3) is 7.59. The molecule has 0 aromatic heterocycles. The first-order valence-electron chi connectivity index (χ1n) is 8.94. The van der Waals surface area contributed by atoms with Crippen LogP contribution in [0.5, 0.6) is 0 Å². The maximum Gasteiger partial charge on any atom is 0.337 e. The first kappa shape index (κ1) is 22.4. The molecular weight excluding hydrogens is 396 g/mol. The van der Waals surface area contributed by atoms with Gasteiger partial charge >= 0.3 is 5.97 Å². The Balaban J connectivity index is 1.79. The molecule has 1 heterocycles. The van der Waals surface area contributed by atoms with E-state index in [1.165, 1.54) is 18.9 Å². The summed E-state index contributed by atoms with van der Waals surface area (Å²) in [4.78, 5) is 47.2. The lowest BCUT2D eigenvalue weighted by Gasteiger charge is -2.30. The normalized spacial score (nSPS) is 18.3. The van der Waals surface area contributed by atoms with Crippen LogP contribution in [-0.4, -0.2) is 54.6 Å². The number of thioether (sulfide) groups is 1. The van der Waals surface area contributed by atoms with E-state index in [1.54, 1.807) is 30.3 Å². The van der Waals surface area contributed by atoms with Crippen LogP contribution in [-0.2, 0) is 19.1 Å². The average Bonchev–Trinajstić information content (AvgIpc) is 2.70. The third-order valence-electron chi connectivity index (χ3n) is 3.96. The number of carbonyl (C=O) groups excluding carboxylic acids is 4. The number of ether oxygens (including phenoxy) is 1. The second-order valence-corrected chi connectivity index (χ2v) is 7.33. The highest BCUT2D eigenvalue weighted by atomic mass is 32.2. The van der Waals surface area contributed by atoms with Crippen molar-refractivity contribution in [3.63, 3.8) is 0 Å². The van der Waals surface area contributed by atoms with Crippen molar-refractivity contribution >= 4 is 41.1 Å². The quantitative estimate of drug-likeness (QED) is 0.340. The molecule has 0 radical (unpaired) electrons. The van der Waals surface area contributed by atoms with Gasteiger partial charge in [-0.15, -0.1) is 18.3 Å². The molecule has 0 bridgehead atoms. The minimum atomic E-state index is -0.471. The van der Waals surface area contributed by atoms with Crippen molar-refractivity contribution in [1.29, 1.82) is 0 Å². The van der Waals surface area contributed by atoms with Gasteiger partial charge in [-0.3, -0.25) is 19.7 Å². The molecule has 3 amide bonds. The van der Waals surface area contributed by atoms with Crippen molar-refractivity contribution in [2.75, 3.05) is 24.7 Å². The average molecular weight is 420 g/mol. The van der Waals surface area contributed by atoms with Crippen molar-refractivity contribution in [3.8, 4) is 0 Å². The Morgan fingerprint density at radius 3 is 2.66 bits per heavy atom. The number of hydrogen-bond acceptors (Lipinski definition) is 7. The largest absolute Gasteiger partial charge is 0.465 e. The van der Waals surface area contributed by atoms with Gasteiger partial charge in [0, 0.05) is 31.1 Å². The molecule has 2 atom stereocenters. The van der Waals surface area contributed by atoms with Crippen molar-refractivity contribution in [3.05, 3.63) is 42.5 Å². The van der Waals surface area contributed by atoms with Crippen molar-refractivity contribution < 1.29 is 23.9 Å². The number of amides is 3. The molecule has 4 N–H and O–H groups in total. The molecule has 1 aromatic rings. The standard InChI is InChI=1S/C19H24N4O5S/c1-3-8-20-15(24)9-14-10-16(25)23-19(22-14)29-11-17(26)21-13-6-4-12(5-7-13)18(27)28-2/h3-7,14,19,22H,1,8-11H2,2H3,(H,20,24)(H,21,26)(H,23,25). The summed E-state index contributed by atoms with van der Waals surface area (Å²) in [7, 11) is 1.30. The summed E-state index contributed by atoms with van der Waals surface area (Å²) in [6.07, 6.45) is 1.94.